The number of carbonyl (C=O) groups excluding carboxylic acids is 2. The zero-order valence-electron chi connectivity index (χ0n) is 13.3. The average molecular weight is 350 g/mol. The van der Waals surface area contributed by atoms with Crippen LogP contribution in [0.4, 0.5) is 0 Å². The van der Waals surface area contributed by atoms with Gasteiger partial charge in [-0.25, -0.2) is 0 Å². The van der Waals surface area contributed by atoms with Crippen LogP contribution in [0.2, 0.25) is 5.02 Å². The van der Waals surface area contributed by atoms with Crippen LogP contribution < -0.4 is 11.1 Å². The Labute approximate surface area is 144 Å². The molecule has 0 unspecified atom stereocenters. The molecule has 0 aliphatic carbocycles. The number of carbonyl (C=O) groups is 2. The molecule has 2 heterocycles. The number of likely N-dealkylation sites (tertiary alicyclic amines) is 1. The van der Waals surface area contributed by atoms with Crippen LogP contribution in [0, 0.1) is 0 Å². The average Bonchev–Trinajstić information content (AvgIpc) is 3.17. The minimum Gasteiger partial charge on any atom is -0.451 e. The van der Waals surface area contributed by atoms with Crippen molar-refractivity contribution in [2.45, 2.75) is 25.3 Å². The van der Waals surface area contributed by atoms with E-state index in [2.05, 4.69) is 10.2 Å². The molecule has 1 saturated heterocycles. The first-order valence-corrected chi connectivity index (χ1v) is 8.43. The number of furan rings is 1. The first-order chi connectivity index (χ1) is 11.5. The Morgan fingerprint density at radius 1 is 1.38 bits per heavy atom. The fraction of sp³-hybridized carbons (Fsp3) is 0.412. The first-order valence-electron chi connectivity index (χ1n) is 8.05. The van der Waals surface area contributed by atoms with Crippen LogP contribution in [0.3, 0.4) is 0 Å². The molecule has 3 rings (SSSR count). The molecule has 0 spiro atoms. The Balaban J connectivity index is 1.49. The molecule has 2 aromatic rings. The van der Waals surface area contributed by atoms with Crippen molar-refractivity contribution in [2.75, 3.05) is 19.6 Å². The summed E-state index contributed by atoms with van der Waals surface area (Å²) in [4.78, 5) is 25.6. The third kappa shape index (κ3) is 3.71. The van der Waals surface area contributed by atoms with Crippen LogP contribution in [0.25, 0.3) is 11.0 Å². The molecule has 0 bridgehead atoms. The smallest absolute Gasteiger partial charge is 0.287 e. The molecule has 2 amide bonds. The molecule has 1 atom stereocenters. The molecular formula is C17H20ClN3O3. The number of primary amides is 1. The Kier molecular flexibility index (Phi) is 5.06. The maximum Gasteiger partial charge on any atom is 0.287 e. The van der Waals surface area contributed by atoms with Crippen molar-refractivity contribution < 1.29 is 14.0 Å². The number of halogens is 1. The standard InChI is InChI=1S/C17H20ClN3O3/c18-12-4-5-14-11(9-12)10-15(24-14)17(23)20-6-2-8-21-7-1-3-13(21)16(19)22/h4-5,9-10,13H,1-3,6-8H2,(H2,19,22)(H,20,23)/t13-/m1/s1. The summed E-state index contributed by atoms with van der Waals surface area (Å²) in [5.74, 6) is -0.254. The van der Waals surface area contributed by atoms with E-state index >= 15 is 0 Å². The third-order valence-electron chi connectivity index (χ3n) is 4.30. The van der Waals surface area contributed by atoms with Gasteiger partial charge >= 0.3 is 0 Å². The summed E-state index contributed by atoms with van der Waals surface area (Å²) in [6, 6.07) is 6.74. The maximum absolute atomic E-state index is 12.1. The van der Waals surface area contributed by atoms with Crippen molar-refractivity contribution in [1.29, 1.82) is 0 Å². The summed E-state index contributed by atoms with van der Waals surface area (Å²) >= 11 is 5.93. The van der Waals surface area contributed by atoms with E-state index in [-0.39, 0.29) is 23.6 Å². The number of nitrogens with zero attached hydrogens (tertiary/aromatic N) is 1. The number of rotatable bonds is 6. The van der Waals surface area contributed by atoms with Crippen molar-refractivity contribution in [2.24, 2.45) is 5.73 Å². The zero-order chi connectivity index (χ0) is 17.1. The molecule has 1 aliphatic rings. The van der Waals surface area contributed by atoms with Crippen LogP contribution in [-0.4, -0.2) is 42.4 Å². The van der Waals surface area contributed by atoms with Gasteiger partial charge in [0.2, 0.25) is 5.91 Å². The van der Waals surface area contributed by atoms with Gasteiger partial charge in [-0.1, -0.05) is 11.6 Å². The highest BCUT2D eigenvalue weighted by Gasteiger charge is 2.28. The molecule has 128 valence electrons. The summed E-state index contributed by atoms with van der Waals surface area (Å²) < 4.78 is 5.52. The second-order valence-electron chi connectivity index (χ2n) is 6.00. The van der Waals surface area contributed by atoms with E-state index in [1.54, 1.807) is 24.3 Å². The summed E-state index contributed by atoms with van der Waals surface area (Å²) in [6.07, 6.45) is 2.56. The van der Waals surface area contributed by atoms with Gasteiger partial charge in [-0.05, 0) is 50.1 Å². The molecule has 1 aromatic carbocycles. The number of nitrogens with two attached hydrogens (primary N) is 1. The van der Waals surface area contributed by atoms with Crippen LogP contribution in [0.5, 0.6) is 0 Å². The highest BCUT2D eigenvalue weighted by Crippen LogP contribution is 2.23. The molecular weight excluding hydrogens is 330 g/mol. The number of hydrogen-bond acceptors (Lipinski definition) is 4. The highest BCUT2D eigenvalue weighted by molar-refractivity contribution is 6.31. The summed E-state index contributed by atoms with van der Waals surface area (Å²) in [7, 11) is 0. The predicted molar refractivity (Wildman–Crippen MR) is 92.0 cm³/mol. The number of benzene rings is 1. The van der Waals surface area contributed by atoms with Gasteiger partial charge in [0.05, 0.1) is 6.04 Å². The lowest BCUT2D eigenvalue weighted by molar-refractivity contribution is -0.122. The maximum atomic E-state index is 12.1. The SMILES string of the molecule is NC(=O)[C@H]1CCCN1CCCNC(=O)c1cc2cc(Cl)ccc2o1. The molecule has 1 fully saturated rings. The Morgan fingerprint density at radius 3 is 3.00 bits per heavy atom. The largest absolute Gasteiger partial charge is 0.451 e. The Morgan fingerprint density at radius 2 is 2.21 bits per heavy atom. The second-order valence-corrected chi connectivity index (χ2v) is 6.44. The number of fused-ring (bicyclic) bond motifs is 1. The third-order valence-corrected chi connectivity index (χ3v) is 4.54. The van der Waals surface area contributed by atoms with Crippen molar-refractivity contribution in [3.63, 3.8) is 0 Å². The van der Waals surface area contributed by atoms with Gasteiger partial charge in [-0.2, -0.15) is 0 Å². The highest BCUT2D eigenvalue weighted by atomic mass is 35.5. The Hall–Kier alpha value is -2.05. The summed E-state index contributed by atoms with van der Waals surface area (Å²) in [6.45, 7) is 2.13. The zero-order valence-corrected chi connectivity index (χ0v) is 14.0. The van der Waals surface area contributed by atoms with E-state index in [0.717, 1.165) is 37.7 Å². The molecule has 0 radical (unpaired) electrons. The lowest BCUT2D eigenvalue weighted by Crippen LogP contribution is -2.41. The van der Waals surface area contributed by atoms with Crippen molar-refractivity contribution in [3.8, 4) is 0 Å². The lowest BCUT2D eigenvalue weighted by atomic mass is 10.2. The van der Waals surface area contributed by atoms with E-state index in [4.69, 9.17) is 21.8 Å². The van der Waals surface area contributed by atoms with Crippen LogP contribution in [0.1, 0.15) is 29.8 Å². The molecule has 6 nitrogen and oxygen atoms in total. The van der Waals surface area contributed by atoms with Crippen molar-refractivity contribution in [1.82, 2.24) is 10.2 Å². The lowest BCUT2D eigenvalue weighted by Gasteiger charge is -2.21. The van der Waals surface area contributed by atoms with Gasteiger partial charge < -0.3 is 15.5 Å². The topological polar surface area (TPSA) is 88.6 Å². The summed E-state index contributed by atoms with van der Waals surface area (Å²) in [5, 5.41) is 4.24. The van der Waals surface area contributed by atoms with Crippen molar-refractivity contribution >= 4 is 34.4 Å². The monoisotopic (exact) mass is 349 g/mol. The van der Waals surface area contributed by atoms with Gasteiger partial charge in [-0.15, -0.1) is 0 Å². The first kappa shape index (κ1) is 16.8. The van der Waals surface area contributed by atoms with E-state index in [9.17, 15) is 9.59 Å². The molecule has 0 saturated carbocycles. The quantitative estimate of drug-likeness (QED) is 0.782. The molecule has 7 heteroatoms. The Bertz CT molecular complexity index is 759. The van der Waals surface area contributed by atoms with Crippen LogP contribution in [0.15, 0.2) is 28.7 Å². The molecule has 3 N–H and O–H groups in total. The van der Waals surface area contributed by atoms with Crippen LogP contribution >= 0.6 is 11.6 Å². The fourth-order valence-corrected chi connectivity index (χ4v) is 3.29. The molecule has 24 heavy (non-hydrogen) atoms. The van der Waals surface area contributed by atoms with Crippen LogP contribution in [-0.2, 0) is 4.79 Å². The number of nitrogens with one attached hydrogen (secondary N) is 1. The predicted octanol–water partition coefficient (Wildman–Crippen LogP) is 2.16. The van der Waals surface area contributed by atoms with E-state index in [1.807, 2.05) is 0 Å². The summed E-state index contributed by atoms with van der Waals surface area (Å²) in [5.41, 5.74) is 6.02. The van der Waals surface area contributed by atoms with Gasteiger partial charge in [0.15, 0.2) is 5.76 Å². The van der Waals surface area contributed by atoms with Gasteiger partial charge in [0.25, 0.3) is 5.91 Å². The van der Waals surface area contributed by atoms with Gasteiger partial charge in [0, 0.05) is 23.5 Å². The van der Waals surface area contributed by atoms with E-state index in [0.29, 0.717) is 17.2 Å². The second kappa shape index (κ2) is 7.23. The normalized spacial score (nSPS) is 18.1. The van der Waals surface area contributed by atoms with Gasteiger partial charge in [0.1, 0.15) is 5.58 Å². The number of amides is 2. The van der Waals surface area contributed by atoms with Crippen molar-refractivity contribution in [3.05, 3.63) is 35.0 Å². The minimum absolute atomic E-state index is 0.166. The molecule has 1 aliphatic heterocycles. The minimum atomic E-state index is -0.266. The number of hydrogen-bond donors (Lipinski definition) is 2. The van der Waals surface area contributed by atoms with E-state index in [1.165, 1.54) is 0 Å². The molecule has 1 aromatic heterocycles. The fourth-order valence-electron chi connectivity index (χ4n) is 3.11. The van der Waals surface area contributed by atoms with Gasteiger partial charge in [-0.3, -0.25) is 14.5 Å². The van der Waals surface area contributed by atoms with E-state index < -0.39 is 0 Å².